The van der Waals surface area contributed by atoms with Crippen molar-refractivity contribution >= 4 is 21.8 Å². The molecule has 2 atom stereocenters. The molecule has 1 aromatic rings. The lowest BCUT2D eigenvalue weighted by Crippen LogP contribution is -2.45. The summed E-state index contributed by atoms with van der Waals surface area (Å²) < 4.78 is 30.1. The Bertz CT molecular complexity index is 961. The summed E-state index contributed by atoms with van der Waals surface area (Å²) in [6.45, 7) is 1.87. The van der Waals surface area contributed by atoms with Gasteiger partial charge in [-0.3, -0.25) is 9.59 Å². The number of carboxylic acid groups (broad SMARTS) is 2. The zero-order chi connectivity index (χ0) is 21.4. The van der Waals surface area contributed by atoms with Gasteiger partial charge in [0.1, 0.15) is 11.2 Å². The smallest absolute Gasteiger partial charge is 0.314 e. The quantitative estimate of drug-likeness (QED) is 0.618. The molecule has 158 valence electrons. The van der Waals surface area contributed by atoms with Crippen molar-refractivity contribution in [3.8, 4) is 5.75 Å². The second kappa shape index (κ2) is 7.48. The maximum atomic E-state index is 12.5. The fraction of sp³-hybridized carbons (Fsp3) is 0.524. The van der Waals surface area contributed by atoms with Crippen LogP contribution in [0, 0.1) is 11.3 Å². The molecule has 7 nitrogen and oxygen atoms in total. The SMILES string of the molecule is CC1(C(=O)O)C=CCC(C(=O)O)(c2cc(S(C)(=O)=O)ccc2OCCC2CC2)C1. The van der Waals surface area contributed by atoms with E-state index >= 15 is 0 Å². The molecule has 1 aromatic carbocycles. The van der Waals surface area contributed by atoms with E-state index in [0.717, 1.165) is 25.5 Å². The molecule has 0 aromatic heterocycles. The Morgan fingerprint density at radius 2 is 1.90 bits per heavy atom. The summed E-state index contributed by atoms with van der Waals surface area (Å²) in [4.78, 5) is 24.3. The van der Waals surface area contributed by atoms with E-state index in [1.54, 1.807) is 6.08 Å². The first-order valence-electron chi connectivity index (χ1n) is 9.60. The molecule has 0 bridgehead atoms. The molecule has 29 heavy (non-hydrogen) atoms. The van der Waals surface area contributed by atoms with Crippen molar-refractivity contribution < 1.29 is 33.0 Å². The molecule has 0 aliphatic heterocycles. The van der Waals surface area contributed by atoms with Crippen LogP contribution in [0.15, 0.2) is 35.2 Å². The van der Waals surface area contributed by atoms with Gasteiger partial charge in [0.15, 0.2) is 9.84 Å². The first-order chi connectivity index (χ1) is 13.5. The molecule has 3 rings (SSSR count). The van der Waals surface area contributed by atoms with E-state index in [1.165, 1.54) is 31.2 Å². The molecule has 2 N–H and O–H groups in total. The van der Waals surface area contributed by atoms with Crippen molar-refractivity contribution in [1.29, 1.82) is 0 Å². The predicted molar refractivity (Wildman–Crippen MR) is 106 cm³/mol. The summed E-state index contributed by atoms with van der Waals surface area (Å²) in [5.74, 6) is -1.42. The topological polar surface area (TPSA) is 118 Å². The number of ether oxygens (including phenoxy) is 1. The van der Waals surface area contributed by atoms with E-state index < -0.39 is 32.6 Å². The summed E-state index contributed by atoms with van der Waals surface area (Å²) in [6.07, 6.45) is 7.12. The molecule has 0 saturated heterocycles. The van der Waals surface area contributed by atoms with Crippen LogP contribution in [0.5, 0.6) is 5.75 Å². The third-order valence-corrected chi connectivity index (χ3v) is 7.00. The molecule has 2 aliphatic carbocycles. The summed E-state index contributed by atoms with van der Waals surface area (Å²) in [5, 5.41) is 19.8. The Balaban J connectivity index is 2.10. The Hall–Kier alpha value is -2.35. The zero-order valence-electron chi connectivity index (χ0n) is 16.6. The van der Waals surface area contributed by atoms with Crippen molar-refractivity contribution in [2.45, 2.75) is 49.3 Å². The van der Waals surface area contributed by atoms with Gasteiger partial charge in [0.25, 0.3) is 0 Å². The highest BCUT2D eigenvalue weighted by Gasteiger charge is 2.51. The molecule has 0 radical (unpaired) electrons. The molecular weight excluding hydrogens is 396 g/mol. The van der Waals surface area contributed by atoms with Crippen LogP contribution in [0.1, 0.15) is 44.6 Å². The molecule has 0 amide bonds. The standard InChI is InChI=1S/C21H26O7S/c1-20(18(22)23)9-3-10-21(13-20,19(24)25)16-12-15(29(2,26)27)6-7-17(16)28-11-8-14-4-5-14/h3,6-7,9,12,14H,4-5,8,10-11,13H2,1-2H3,(H,22,23)(H,24,25). The van der Waals surface area contributed by atoms with Gasteiger partial charge in [-0.1, -0.05) is 25.0 Å². The van der Waals surface area contributed by atoms with Crippen LogP contribution in [-0.2, 0) is 24.8 Å². The van der Waals surface area contributed by atoms with E-state index in [4.69, 9.17) is 4.74 Å². The molecule has 8 heteroatoms. The Morgan fingerprint density at radius 1 is 1.21 bits per heavy atom. The minimum absolute atomic E-state index is 0.0192. The second-order valence-electron chi connectivity index (χ2n) is 8.40. The average Bonchev–Trinajstić information content (AvgIpc) is 3.45. The van der Waals surface area contributed by atoms with Crippen LogP contribution < -0.4 is 4.74 Å². The fourth-order valence-corrected chi connectivity index (χ4v) is 4.54. The van der Waals surface area contributed by atoms with Gasteiger partial charge in [-0.2, -0.15) is 0 Å². The van der Waals surface area contributed by atoms with E-state index in [0.29, 0.717) is 18.3 Å². The fourth-order valence-electron chi connectivity index (χ4n) is 3.89. The maximum Gasteiger partial charge on any atom is 0.314 e. The number of hydrogen-bond donors (Lipinski definition) is 2. The molecule has 1 fully saturated rings. The van der Waals surface area contributed by atoms with Gasteiger partial charge in [-0.05, 0) is 50.3 Å². The van der Waals surface area contributed by atoms with Crippen LogP contribution in [-0.4, -0.2) is 43.4 Å². The lowest BCUT2D eigenvalue weighted by Gasteiger charge is -2.39. The van der Waals surface area contributed by atoms with E-state index in [2.05, 4.69) is 0 Å². The minimum Gasteiger partial charge on any atom is -0.493 e. The molecule has 0 spiro atoms. The summed E-state index contributed by atoms with van der Waals surface area (Å²) in [6, 6.07) is 4.22. The Labute approximate surface area is 170 Å². The highest BCUT2D eigenvalue weighted by atomic mass is 32.2. The highest BCUT2D eigenvalue weighted by molar-refractivity contribution is 7.90. The average molecular weight is 422 g/mol. The monoisotopic (exact) mass is 422 g/mol. The van der Waals surface area contributed by atoms with Crippen molar-refractivity contribution in [3.63, 3.8) is 0 Å². The number of hydrogen-bond acceptors (Lipinski definition) is 5. The third kappa shape index (κ3) is 4.32. The zero-order valence-corrected chi connectivity index (χ0v) is 17.4. The molecular formula is C21H26O7S. The lowest BCUT2D eigenvalue weighted by atomic mass is 9.63. The van der Waals surface area contributed by atoms with Crippen molar-refractivity contribution in [1.82, 2.24) is 0 Å². The number of sulfone groups is 1. The first-order valence-corrected chi connectivity index (χ1v) is 11.5. The summed E-state index contributed by atoms with van der Waals surface area (Å²) in [7, 11) is -3.59. The summed E-state index contributed by atoms with van der Waals surface area (Å²) in [5.41, 5.74) is -2.78. The van der Waals surface area contributed by atoms with Crippen LogP contribution in [0.4, 0.5) is 0 Å². The predicted octanol–water partition coefficient (Wildman–Crippen LogP) is 3.03. The van der Waals surface area contributed by atoms with Gasteiger partial charge < -0.3 is 14.9 Å². The van der Waals surface area contributed by atoms with Crippen LogP contribution in [0.25, 0.3) is 0 Å². The third-order valence-electron chi connectivity index (χ3n) is 5.89. The van der Waals surface area contributed by atoms with Crippen LogP contribution >= 0.6 is 0 Å². The van der Waals surface area contributed by atoms with Gasteiger partial charge >= 0.3 is 11.9 Å². The maximum absolute atomic E-state index is 12.5. The van der Waals surface area contributed by atoms with E-state index in [-0.39, 0.29) is 23.3 Å². The van der Waals surface area contributed by atoms with Gasteiger partial charge in [0.05, 0.1) is 16.9 Å². The molecule has 1 saturated carbocycles. The van der Waals surface area contributed by atoms with Crippen molar-refractivity contribution in [3.05, 3.63) is 35.9 Å². The van der Waals surface area contributed by atoms with E-state index in [9.17, 15) is 28.2 Å². The first kappa shape index (κ1) is 21.4. The number of rotatable bonds is 8. The normalized spacial score (nSPS) is 26.8. The number of carbonyl (C=O) groups is 2. The molecule has 2 aliphatic rings. The van der Waals surface area contributed by atoms with Gasteiger partial charge in [0, 0.05) is 11.8 Å². The Morgan fingerprint density at radius 3 is 2.45 bits per heavy atom. The largest absolute Gasteiger partial charge is 0.493 e. The number of aliphatic carboxylic acids is 2. The second-order valence-corrected chi connectivity index (χ2v) is 10.4. The van der Waals surface area contributed by atoms with Gasteiger partial charge in [-0.15, -0.1) is 0 Å². The minimum atomic E-state index is -3.59. The van der Waals surface area contributed by atoms with Gasteiger partial charge in [0.2, 0.25) is 0 Å². The number of benzene rings is 1. The summed E-state index contributed by atoms with van der Waals surface area (Å²) >= 11 is 0. The van der Waals surface area contributed by atoms with Gasteiger partial charge in [-0.25, -0.2) is 8.42 Å². The lowest BCUT2D eigenvalue weighted by molar-refractivity contribution is -0.151. The molecule has 0 heterocycles. The van der Waals surface area contributed by atoms with E-state index in [1.807, 2.05) is 0 Å². The highest BCUT2D eigenvalue weighted by Crippen LogP contribution is 2.48. The van der Waals surface area contributed by atoms with Crippen molar-refractivity contribution in [2.75, 3.05) is 12.9 Å². The Kier molecular flexibility index (Phi) is 5.51. The van der Waals surface area contributed by atoms with Crippen LogP contribution in [0.2, 0.25) is 0 Å². The number of allylic oxidation sites excluding steroid dienone is 1. The molecule has 2 unspecified atom stereocenters. The van der Waals surface area contributed by atoms with Crippen molar-refractivity contribution in [2.24, 2.45) is 11.3 Å². The van der Waals surface area contributed by atoms with Crippen LogP contribution in [0.3, 0.4) is 0 Å². The number of carboxylic acids is 2.